The molecule has 1 rings (SSSR count). The molecule has 0 saturated carbocycles. The van der Waals surface area contributed by atoms with E-state index in [1.807, 2.05) is 24.3 Å². The summed E-state index contributed by atoms with van der Waals surface area (Å²) in [7, 11) is 0. The van der Waals surface area contributed by atoms with Gasteiger partial charge in [-0.2, -0.15) is 0 Å². The fraction of sp³-hybridized carbons (Fsp3) is 0.364. The van der Waals surface area contributed by atoms with Crippen LogP contribution in [0.2, 0.25) is 5.32 Å². The van der Waals surface area contributed by atoms with Gasteiger partial charge in [0.05, 0.1) is 0 Å². The molecule has 0 spiro atoms. The van der Waals surface area contributed by atoms with Crippen molar-refractivity contribution in [2.24, 2.45) is 0 Å². The van der Waals surface area contributed by atoms with Gasteiger partial charge in [0.25, 0.3) is 0 Å². The molecule has 0 saturated heterocycles. The fourth-order valence-corrected chi connectivity index (χ4v) is 3.77. The van der Waals surface area contributed by atoms with Crippen molar-refractivity contribution in [3.05, 3.63) is 34.3 Å². The van der Waals surface area contributed by atoms with Crippen molar-refractivity contribution in [2.45, 2.75) is 25.1 Å². The van der Waals surface area contributed by atoms with Crippen molar-refractivity contribution in [2.75, 3.05) is 0 Å². The molecular weight excluding hydrogens is 307 g/mol. The average Bonchev–Trinajstić information content (AvgIpc) is 2.18. The molecule has 0 aliphatic carbocycles. The molecule has 76 valence electrons. The summed E-state index contributed by atoms with van der Waals surface area (Å²) in [4.78, 5) is 11.7. The zero-order valence-corrected chi connectivity index (χ0v) is 11.4. The monoisotopic (exact) mass is 320 g/mol. The molecule has 0 unspecified atom stereocenters. The van der Waals surface area contributed by atoms with Gasteiger partial charge >= 0.3 is 99.7 Å². The van der Waals surface area contributed by atoms with E-state index in [1.54, 1.807) is 0 Å². The first-order chi connectivity index (χ1) is 6.75. The van der Waals surface area contributed by atoms with Gasteiger partial charge in [-0.3, -0.25) is 0 Å². The molecule has 1 nitrogen and oxygen atoms in total. The van der Waals surface area contributed by atoms with E-state index in [0.29, 0.717) is 4.68 Å². The predicted octanol–water partition coefficient (Wildman–Crippen LogP) is 3.51. The van der Waals surface area contributed by atoms with Crippen molar-refractivity contribution in [3.63, 3.8) is 0 Å². The Morgan fingerprint density at radius 1 is 1.43 bits per heavy atom. The van der Waals surface area contributed by atoms with Crippen molar-refractivity contribution in [3.8, 4) is 0 Å². The Morgan fingerprint density at radius 2 is 2.14 bits per heavy atom. The van der Waals surface area contributed by atoms with Crippen LogP contribution in [0.5, 0.6) is 0 Å². The molecule has 0 heterocycles. The second-order valence-electron chi connectivity index (χ2n) is 2.97. The number of benzene rings is 1. The molecule has 0 N–H and O–H groups in total. The summed E-state index contributed by atoms with van der Waals surface area (Å²) in [6, 6.07) is 7.65. The number of rotatable bonds is 5. The Bertz CT molecular complexity index is 312. The van der Waals surface area contributed by atoms with Crippen LogP contribution in [0.25, 0.3) is 0 Å². The predicted molar refractivity (Wildman–Crippen MR) is 63.9 cm³/mol. The van der Waals surface area contributed by atoms with E-state index >= 15 is 0 Å². The molecule has 0 aliphatic rings. The molecular formula is C11H13BrOSe. The zero-order chi connectivity index (χ0) is 10.4. The molecule has 0 radical (unpaired) electrons. The second-order valence-corrected chi connectivity index (χ2v) is 6.06. The number of hydrogen-bond acceptors (Lipinski definition) is 1. The van der Waals surface area contributed by atoms with Gasteiger partial charge in [0.15, 0.2) is 0 Å². The molecule has 0 amide bonds. The quantitative estimate of drug-likeness (QED) is 0.599. The molecule has 1 aromatic rings. The minimum absolute atomic E-state index is 0.111. The maximum absolute atomic E-state index is 11.7. The Labute approximate surface area is 99.6 Å². The van der Waals surface area contributed by atoms with Crippen LogP contribution in [0.1, 0.15) is 30.1 Å². The van der Waals surface area contributed by atoms with Crippen molar-refractivity contribution in [1.29, 1.82) is 0 Å². The molecule has 3 heteroatoms. The molecule has 0 aromatic heterocycles. The van der Waals surface area contributed by atoms with Gasteiger partial charge in [-0.25, -0.2) is 0 Å². The number of carbonyl (C=O) groups excluding carboxylic acids is 1. The molecule has 0 bridgehead atoms. The maximum atomic E-state index is 11.7. The van der Waals surface area contributed by atoms with Crippen LogP contribution < -0.4 is 0 Å². The number of halogens is 1. The first-order valence-corrected chi connectivity index (χ1v) is 7.53. The minimum atomic E-state index is 0.111. The number of hydrogen-bond donors (Lipinski definition) is 0. The van der Waals surface area contributed by atoms with Gasteiger partial charge in [-0.15, -0.1) is 0 Å². The average molecular weight is 320 g/mol. The van der Waals surface area contributed by atoms with Crippen LogP contribution >= 0.6 is 15.9 Å². The summed E-state index contributed by atoms with van der Waals surface area (Å²) >= 11 is 3.51. The third-order valence-electron chi connectivity index (χ3n) is 1.82. The Kier molecular flexibility index (Phi) is 5.46. The van der Waals surface area contributed by atoms with Gasteiger partial charge in [0.2, 0.25) is 0 Å². The zero-order valence-electron chi connectivity index (χ0n) is 8.13. The summed E-state index contributed by atoms with van der Waals surface area (Å²) in [6.07, 6.45) is 2.33. The molecule has 1 aromatic carbocycles. The van der Waals surface area contributed by atoms with Crippen LogP contribution in [0.3, 0.4) is 0 Å². The van der Waals surface area contributed by atoms with E-state index < -0.39 is 0 Å². The Hall–Kier alpha value is -0.111. The van der Waals surface area contributed by atoms with E-state index in [0.717, 1.165) is 21.8 Å². The van der Waals surface area contributed by atoms with Gasteiger partial charge in [0.1, 0.15) is 0 Å². The van der Waals surface area contributed by atoms with E-state index in [1.165, 1.54) is 6.42 Å². The van der Waals surface area contributed by atoms with Gasteiger partial charge in [0, 0.05) is 0 Å². The van der Waals surface area contributed by atoms with Crippen LogP contribution in [-0.2, 0) is 0 Å². The second kappa shape index (κ2) is 6.39. The third-order valence-corrected chi connectivity index (χ3v) is 4.56. The molecule has 0 atom stereocenters. The van der Waals surface area contributed by atoms with Crippen molar-refractivity contribution in [1.82, 2.24) is 0 Å². The first-order valence-electron chi connectivity index (χ1n) is 4.67. The summed E-state index contributed by atoms with van der Waals surface area (Å²) in [5, 5.41) is 1.06. The molecule has 14 heavy (non-hydrogen) atoms. The fourth-order valence-electron chi connectivity index (χ4n) is 1.01. The Morgan fingerprint density at radius 3 is 2.79 bits per heavy atom. The van der Waals surface area contributed by atoms with E-state index in [9.17, 15) is 4.79 Å². The summed E-state index contributed by atoms with van der Waals surface area (Å²) < 4.78 is 1.22. The molecule has 0 fully saturated rings. The number of carbonyl (C=O) groups is 1. The third kappa shape index (κ3) is 3.56. The van der Waals surface area contributed by atoms with Gasteiger partial charge < -0.3 is 0 Å². The van der Waals surface area contributed by atoms with Crippen molar-refractivity contribution >= 4 is 35.6 Å². The van der Waals surface area contributed by atoms with E-state index in [4.69, 9.17) is 0 Å². The summed E-state index contributed by atoms with van der Waals surface area (Å²) in [6.45, 7) is 2.15. The van der Waals surface area contributed by atoms with E-state index in [2.05, 4.69) is 22.9 Å². The van der Waals surface area contributed by atoms with Crippen LogP contribution in [-0.4, -0.2) is 19.6 Å². The first kappa shape index (κ1) is 12.0. The van der Waals surface area contributed by atoms with Gasteiger partial charge in [-0.05, 0) is 0 Å². The van der Waals surface area contributed by atoms with Crippen LogP contribution in [0, 0.1) is 0 Å². The van der Waals surface area contributed by atoms with Crippen LogP contribution in [0.4, 0.5) is 0 Å². The molecule has 0 aliphatic heterocycles. The topological polar surface area (TPSA) is 17.1 Å². The normalized spacial score (nSPS) is 10.1. The van der Waals surface area contributed by atoms with Gasteiger partial charge in [-0.1, -0.05) is 0 Å². The Balaban J connectivity index is 2.56. The van der Waals surface area contributed by atoms with E-state index in [-0.39, 0.29) is 15.0 Å². The standard InChI is InChI=1S/C11H13BrOSe/c1-2-3-8-14-11(13)9-6-4-5-7-10(9)12/h4-7H,2-3,8H2,1H3. The summed E-state index contributed by atoms with van der Waals surface area (Å²) in [5.74, 6) is 0. The SMILES string of the molecule is CCCC[Se]C(=O)c1ccccc1Br. The van der Waals surface area contributed by atoms with Crippen molar-refractivity contribution < 1.29 is 4.79 Å². The number of unbranched alkanes of at least 4 members (excludes halogenated alkanes) is 1. The van der Waals surface area contributed by atoms with Crippen LogP contribution in [0.15, 0.2) is 28.7 Å². The summed E-state index contributed by atoms with van der Waals surface area (Å²) in [5.41, 5.74) is 0.837.